The second kappa shape index (κ2) is 9.70. The van der Waals surface area contributed by atoms with E-state index in [1.807, 2.05) is 49.4 Å². The van der Waals surface area contributed by atoms with Crippen LogP contribution in [0.1, 0.15) is 41.4 Å². The lowest BCUT2D eigenvalue weighted by atomic mass is 9.99. The fourth-order valence-electron chi connectivity index (χ4n) is 4.89. The maximum Gasteiger partial charge on any atom is 0.278 e. The molecule has 2 aliphatic heterocycles. The van der Waals surface area contributed by atoms with Crippen molar-refractivity contribution in [2.24, 2.45) is 0 Å². The smallest absolute Gasteiger partial charge is 0.278 e. The molecular weight excluding hydrogens is 440 g/mol. The molecule has 0 bridgehead atoms. The molecule has 0 spiro atoms. The van der Waals surface area contributed by atoms with Crippen LogP contribution in [0.5, 0.6) is 0 Å². The van der Waals surface area contributed by atoms with E-state index < -0.39 is 0 Å². The lowest BCUT2D eigenvalue weighted by Crippen LogP contribution is -2.38. The van der Waals surface area contributed by atoms with Crippen molar-refractivity contribution < 1.29 is 9.59 Å². The van der Waals surface area contributed by atoms with Gasteiger partial charge in [-0.3, -0.25) is 14.4 Å². The molecule has 0 aliphatic carbocycles. The number of carbonyl (C=O) groups is 2. The van der Waals surface area contributed by atoms with Gasteiger partial charge in [0.05, 0.1) is 6.54 Å². The largest absolute Gasteiger partial charge is 0.339 e. The SMILES string of the molecule is C[C@@H]1Cc2ccccc2N1C(=O)c1ccc(=O)n(CCC(=O)N2CC=C(c3ccccc3)CC2)n1. The number of aromatic nitrogens is 2. The number of benzene rings is 2. The molecule has 0 saturated heterocycles. The van der Waals surface area contributed by atoms with E-state index in [9.17, 15) is 14.4 Å². The van der Waals surface area contributed by atoms with Gasteiger partial charge in [-0.25, -0.2) is 4.68 Å². The first-order valence-electron chi connectivity index (χ1n) is 12.0. The van der Waals surface area contributed by atoms with Gasteiger partial charge in [0.1, 0.15) is 5.69 Å². The van der Waals surface area contributed by atoms with Crippen molar-refractivity contribution in [3.05, 3.63) is 100.0 Å². The Morgan fingerprint density at radius 1 is 1.00 bits per heavy atom. The Morgan fingerprint density at radius 2 is 1.77 bits per heavy atom. The highest BCUT2D eigenvalue weighted by Gasteiger charge is 2.32. The third-order valence-electron chi connectivity index (χ3n) is 6.76. The third kappa shape index (κ3) is 4.67. The highest BCUT2D eigenvalue weighted by atomic mass is 16.2. The molecule has 7 nitrogen and oxygen atoms in total. The fourth-order valence-corrected chi connectivity index (χ4v) is 4.89. The summed E-state index contributed by atoms with van der Waals surface area (Å²) >= 11 is 0. The van der Waals surface area contributed by atoms with Crippen LogP contribution in [-0.4, -0.2) is 45.6 Å². The van der Waals surface area contributed by atoms with Gasteiger partial charge < -0.3 is 9.80 Å². The van der Waals surface area contributed by atoms with Crippen LogP contribution in [-0.2, 0) is 17.8 Å². The number of rotatable bonds is 5. The molecule has 7 heteroatoms. The Labute approximate surface area is 204 Å². The predicted octanol–water partition coefficient (Wildman–Crippen LogP) is 3.54. The van der Waals surface area contributed by atoms with Crippen LogP contribution in [0.25, 0.3) is 5.57 Å². The molecule has 178 valence electrons. The fraction of sp³-hybridized carbons (Fsp3) is 0.286. The highest BCUT2D eigenvalue weighted by molar-refractivity contribution is 6.06. The van der Waals surface area contributed by atoms with Gasteiger partial charge in [-0.15, -0.1) is 0 Å². The molecule has 1 atom stereocenters. The second-order valence-corrected chi connectivity index (χ2v) is 9.07. The second-order valence-electron chi connectivity index (χ2n) is 9.07. The summed E-state index contributed by atoms with van der Waals surface area (Å²) in [6.07, 6.45) is 3.83. The molecule has 1 aromatic heterocycles. The lowest BCUT2D eigenvalue weighted by molar-refractivity contribution is -0.131. The predicted molar refractivity (Wildman–Crippen MR) is 135 cm³/mol. The summed E-state index contributed by atoms with van der Waals surface area (Å²) in [5.41, 5.74) is 4.32. The molecule has 2 aromatic carbocycles. The zero-order chi connectivity index (χ0) is 24.4. The summed E-state index contributed by atoms with van der Waals surface area (Å²) < 4.78 is 1.23. The van der Waals surface area contributed by atoms with Gasteiger partial charge >= 0.3 is 0 Å². The molecular formula is C28H28N4O3. The van der Waals surface area contributed by atoms with Crippen LogP contribution in [0, 0.1) is 0 Å². The molecule has 0 N–H and O–H groups in total. The maximum atomic E-state index is 13.3. The standard InChI is InChI=1S/C28H28N4O3/c1-20-19-23-9-5-6-10-25(23)32(20)28(35)24-11-12-27(34)31(29-24)18-15-26(33)30-16-13-22(14-17-30)21-7-3-2-4-8-21/h2-13,20H,14-19H2,1H3/t20-/m1/s1. The normalized spacial score (nSPS) is 17.2. The Bertz CT molecular complexity index is 1350. The van der Waals surface area contributed by atoms with Crippen molar-refractivity contribution in [1.82, 2.24) is 14.7 Å². The number of aryl methyl sites for hydroxylation is 1. The summed E-state index contributed by atoms with van der Waals surface area (Å²) in [7, 11) is 0. The van der Waals surface area contributed by atoms with Crippen molar-refractivity contribution in [3.63, 3.8) is 0 Å². The lowest BCUT2D eigenvalue weighted by Gasteiger charge is -2.27. The van der Waals surface area contributed by atoms with E-state index in [1.54, 1.807) is 9.80 Å². The van der Waals surface area contributed by atoms with Gasteiger partial charge in [0.25, 0.3) is 11.5 Å². The van der Waals surface area contributed by atoms with Gasteiger partial charge in [-0.2, -0.15) is 5.10 Å². The van der Waals surface area contributed by atoms with E-state index in [0.29, 0.717) is 13.1 Å². The summed E-state index contributed by atoms with van der Waals surface area (Å²) in [5.74, 6) is -0.266. The molecule has 3 aromatic rings. The van der Waals surface area contributed by atoms with Crippen molar-refractivity contribution in [2.45, 2.75) is 38.8 Å². The Hall–Kier alpha value is -4.00. The van der Waals surface area contributed by atoms with E-state index >= 15 is 0 Å². The summed E-state index contributed by atoms with van der Waals surface area (Å²) in [5, 5.41) is 4.32. The molecule has 5 rings (SSSR count). The zero-order valence-electron chi connectivity index (χ0n) is 19.8. The van der Waals surface area contributed by atoms with E-state index in [2.05, 4.69) is 23.3 Å². The average Bonchev–Trinajstić information content (AvgIpc) is 3.23. The van der Waals surface area contributed by atoms with Crippen molar-refractivity contribution in [2.75, 3.05) is 18.0 Å². The number of hydrogen-bond acceptors (Lipinski definition) is 4. The highest BCUT2D eigenvalue weighted by Crippen LogP contribution is 2.32. The molecule has 0 saturated carbocycles. The quantitative estimate of drug-likeness (QED) is 0.574. The topological polar surface area (TPSA) is 75.5 Å². The minimum Gasteiger partial charge on any atom is -0.339 e. The minimum atomic E-state index is -0.325. The Balaban J connectivity index is 1.25. The monoisotopic (exact) mass is 468 g/mol. The average molecular weight is 469 g/mol. The van der Waals surface area contributed by atoms with Gasteiger partial charge in [-0.05, 0) is 48.6 Å². The molecule has 3 heterocycles. The van der Waals surface area contributed by atoms with Crippen LogP contribution >= 0.6 is 0 Å². The molecule has 2 amide bonds. The molecule has 35 heavy (non-hydrogen) atoms. The van der Waals surface area contributed by atoms with E-state index in [4.69, 9.17) is 0 Å². The number of fused-ring (bicyclic) bond motifs is 1. The summed E-state index contributed by atoms with van der Waals surface area (Å²) in [6.45, 7) is 3.34. The summed E-state index contributed by atoms with van der Waals surface area (Å²) in [6, 6.07) is 20.9. The number of nitrogens with zero attached hydrogens (tertiary/aromatic N) is 4. The Kier molecular flexibility index (Phi) is 6.31. The third-order valence-corrected chi connectivity index (χ3v) is 6.76. The maximum absolute atomic E-state index is 13.3. The van der Waals surface area contributed by atoms with Crippen LogP contribution < -0.4 is 10.5 Å². The molecule has 2 aliphatic rings. The molecule has 0 radical (unpaired) electrons. The first-order valence-corrected chi connectivity index (χ1v) is 12.0. The molecule has 0 fully saturated rings. The summed E-state index contributed by atoms with van der Waals surface area (Å²) in [4.78, 5) is 42.0. The van der Waals surface area contributed by atoms with Gasteiger partial charge in [0, 0.05) is 37.3 Å². The van der Waals surface area contributed by atoms with E-state index in [-0.39, 0.29) is 42.1 Å². The van der Waals surface area contributed by atoms with Crippen molar-refractivity contribution in [1.29, 1.82) is 0 Å². The van der Waals surface area contributed by atoms with Crippen LogP contribution in [0.15, 0.2) is 77.6 Å². The number of amides is 2. The van der Waals surface area contributed by atoms with Gasteiger partial charge in [0.15, 0.2) is 0 Å². The number of carbonyl (C=O) groups excluding carboxylic acids is 2. The number of hydrogen-bond donors (Lipinski definition) is 0. The first kappa shape index (κ1) is 22.8. The van der Waals surface area contributed by atoms with Crippen LogP contribution in [0.2, 0.25) is 0 Å². The van der Waals surface area contributed by atoms with Gasteiger partial charge in [0.2, 0.25) is 5.91 Å². The number of anilines is 1. The van der Waals surface area contributed by atoms with Crippen molar-refractivity contribution in [3.8, 4) is 0 Å². The first-order chi connectivity index (χ1) is 17.0. The van der Waals surface area contributed by atoms with E-state index in [1.165, 1.54) is 28.0 Å². The van der Waals surface area contributed by atoms with Gasteiger partial charge in [-0.1, -0.05) is 54.6 Å². The van der Waals surface area contributed by atoms with Crippen molar-refractivity contribution >= 4 is 23.1 Å². The molecule has 0 unspecified atom stereocenters. The van der Waals surface area contributed by atoms with Crippen LogP contribution in [0.3, 0.4) is 0 Å². The van der Waals surface area contributed by atoms with Crippen LogP contribution in [0.4, 0.5) is 5.69 Å². The zero-order valence-corrected chi connectivity index (χ0v) is 19.8. The Morgan fingerprint density at radius 3 is 2.54 bits per heavy atom. The van der Waals surface area contributed by atoms with E-state index in [0.717, 1.165) is 24.1 Å². The number of para-hydroxylation sites is 1. The minimum absolute atomic E-state index is 0.0107.